The molecule has 0 saturated carbocycles. The highest BCUT2D eigenvalue weighted by molar-refractivity contribution is 6.35. The number of rotatable bonds is 4. The van der Waals surface area contributed by atoms with E-state index in [1.165, 1.54) is 0 Å². The van der Waals surface area contributed by atoms with Crippen LogP contribution in [0.4, 0.5) is 5.69 Å². The second-order valence-electron chi connectivity index (χ2n) is 4.48. The third kappa shape index (κ3) is 2.94. The summed E-state index contributed by atoms with van der Waals surface area (Å²) in [6, 6.07) is 10.3. The van der Waals surface area contributed by atoms with Crippen LogP contribution < -0.4 is 10.5 Å². The topological polar surface area (TPSA) is 52.3 Å². The van der Waals surface area contributed by atoms with Gasteiger partial charge in [0.25, 0.3) is 0 Å². The molecule has 0 unspecified atom stereocenters. The van der Waals surface area contributed by atoms with Gasteiger partial charge in [-0.1, -0.05) is 11.6 Å². The van der Waals surface area contributed by atoms with Gasteiger partial charge in [-0.05, 0) is 55.8 Å². The first-order valence-electron chi connectivity index (χ1n) is 6.36. The zero-order valence-electron chi connectivity index (χ0n) is 11.4. The molecule has 2 aromatic carbocycles. The van der Waals surface area contributed by atoms with Crippen LogP contribution in [0.2, 0.25) is 5.02 Å². The van der Waals surface area contributed by atoms with Crippen molar-refractivity contribution in [1.82, 2.24) is 0 Å². The van der Waals surface area contributed by atoms with Crippen molar-refractivity contribution in [1.29, 1.82) is 0 Å². The summed E-state index contributed by atoms with van der Waals surface area (Å²) in [7, 11) is 0. The van der Waals surface area contributed by atoms with Crippen LogP contribution in [0.25, 0.3) is 0 Å². The van der Waals surface area contributed by atoms with Crippen LogP contribution in [0.3, 0.4) is 0 Å². The Bertz CT molecular complexity index is 653. The van der Waals surface area contributed by atoms with E-state index in [9.17, 15) is 4.79 Å². The maximum atomic E-state index is 12.5. The van der Waals surface area contributed by atoms with Crippen LogP contribution in [0, 0.1) is 6.92 Å². The number of benzene rings is 2. The Balaban J connectivity index is 2.38. The van der Waals surface area contributed by atoms with E-state index in [-0.39, 0.29) is 5.78 Å². The zero-order chi connectivity index (χ0) is 14.7. The molecule has 0 spiro atoms. The molecule has 0 radical (unpaired) electrons. The molecule has 0 heterocycles. The number of ether oxygens (including phenoxy) is 1. The molecule has 0 fully saturated rings. The minimum Gasteiger partial charge on any atom is -0.494 e. The Morgan fingerprint density at radius 3 is 2.50 bits per heavy atom. The van der Waals surface area contributed by atoms with E-state index < -0.39 is 0 Å². The standard InChI is InChI=1S/C16H16ClNO2/c1-3-20-12-5-7-13(10(2)8-12)16(19)14-6-4-11(18)9-15(14)17/h4-9H,3,18H2,1-2H3. The predicted octanol–water partition coefficient (Wildman–Crippen LogP) is 3.86. The van der Waals surface area contributed by atoms with Gasteiger partial charge in [0.1, 0.15) is 5.75 Å². The average molecular weight is 290 g/mol. The Hall–Kier alpha value is -2.00. The van der Waals surface area contributed by atoms with Crippen LogP contribution in [0.1, 0.15) is 28.4 Å². The molecule has 2 N–H and O–H groups in total. The number of carbonyl (C=O) groups excluding carboxylic acids is 1. The first-order chi connectivity index (χ1) is 9.52. The molecular formula is C16H16ClNO2. The Labute approximate surface area is 123 Å². The monoisotopic (exact) mass is 289 g/mol. The molecule has 3 nitrogen and oxygen atoms in total. The van der Waals surface area contributed by atoms with Gasteiger partial charge in [-0.15, -0.1) is 0 Å². The third-order valence-electron chi connectivity index (χ3n) is 2.99. The maximum absolute atomic E-state index is 12.5. The normalized spacial score (nSPS) is 10.3. The Morgan fingerprint density at radius 2 is 1.90 bits per heavy atom. The summed E-state index contributed by atoms with van der Waals surface area (Å²) in [5, 5.41) is 0.364. The highest BCUT2D eigenvalue weighted by Crippen LogP contribution is 2.25. The number of nitrogen functional groups attached to an aromatic ring is 1. The van der Waals surface area contributed by atoms with Crippen LogP contribution >= 0.6 is 11.6 Å². The molecule has 0 atom stereocenters. The summed E-state index contributed by atoms with van der Waals surface area (Å²) in [6.45, 7) is 4.39. The van der Waals surface area contributed by atoms with Crippen molar-refractivity contribution in [2.24, 2.45) is 0 Å². The molecule has 0 aliphatic carbocycles. The molecule has 104 valence electrons. The average Bonchev–Trinajstić information content (AvgIpc) is 2.38. The summed E-state index contributed by atoms with van der Waals surface area (Å²) in [4.78, 5) is 12.5. The lowest BCUT2D eigenvalue weighted by Gasteiger charge is -2.09. The Morgan fingerprint density at radius 1 is 1.20 bits per heavy atom. The van der Waals surface area contributed by atoms with Gasteiger partial charge in [-0.3, -0.25) is 4.79 Å². The van der Waals surface area contributed by atoms with E-state index in [4.69, 9.17) is 22.1 Å². The molecule has 2 rings (SSSR count). The van der Waals surface area contributed by atoms with Crippen LogP contribution in [-0.4, -0.2) is 12.4 Å². The molecule has 0 saturated heterocycles. The van der Waals surface area contributed by atoms with Gasteiger partial charge in [0, 0.05) is 16.8 Å². The number of nitrogens with two attached hydrogens (primary N) is 1. The number of anilines is 1. The van der Waals surface area contributed by atoms with Gasteiger partial charge in [0.2, 0.25) is 0 Å². The highest BCUT2D eigenvalue weighted by atomic mass is 35.5. The second kappa shape index (κ2) is 5.97. The van der Waals surface area contributed by atoms with Crippen LogP contribution in [0.5, 0.6) is 5.75 Å². The first-order valence-corrected chi connectivity index (χ1v) is 6.74. The molecule has 0 amide bonds. The molecule has 0 aromatic heterocycles. The summed E-state index contributed by atoms with van der Waals surface area (Å²) in [5.41, 5.74) is 8.09. The van der Waals surface area contributed by atoms with E-state index in [0.29, 0.717) is 28.4 Å². The molecular weight excluding hydrogens is 274 g/mol. The summed E-state index contributed by atoms with van der Waals surface area (Å²) in [5.74, 6) is 0.639. The lowest BCUT2D eigenvalue weighted by atomic mass is 9.98. The first kappa shape index (κ1) is 14.4. The summed E-state index contributed by atoms with van der Waals surface area (Å²) >= 11 is 6.08. The van der Waals surface area contributed by atoms with Gasteiger partial charge < -0.3 is 10.5 Å². The van der Waals surface area contributed by atoms with E-state index in [1.807, 2.05) is 19.9 Å². The molecule has 0 aliphatic heterocycles. The number of aryl methyl sites for hydroxylation is 1. The van der Waals surface area contributed by atoms with Crippen molar-refractivity contribution < 1.29 is 9.53 Å². The fraction of sp³-hybridized carbons (Fsp3) is 0.188. The quantitative estimate of drug-likeness (QED) is 0.687. The van der Waals surface area contributed by atoms with Crippen molar-refractivity contribution >= 4 is 23.1 Å². The summed E-state index contributed by atoms with van der Waals surface area (Å²) < 4.78 is 5.41. The van der Waals surface area contributed by atoms with Gasteiger partial charge in [-0.2, -0.15) is 0 Å². The fourth-order valence-electron chi connectivity index (χ4n) is 2.01. The molecule has 0 aliphatic rings. The summed E-state index contributed by atoms with van der Waals surface area (Å²) in [6.07, 6.45) is 0. The van der Waals surface area contributed by atoms with Gasteiger partial charge in [0.05, 0.1) is 11.6 Å². The largest absolute Gasteiger partial charge is 0.494 e. The minimum absolute atomic E-state index is 0.115. The van der Waals surface area contributed by atoms with Gasteiger partial charge >= 0.3 is 0 Å². The van der Waals surface area contributed by atoms with Crippen molar-refractivity contribution in [2.45, 2.75) is 13.8 Å². The minimum atomic E-state index is -0.115. The molecule has 20 heavy (non-hydrogen) atoms. The van der Waals surface area contributed by atoms with E-state index in [1.54, 1.807) is 30.3 Å². The number of carbonyl (C=O) groups is 1. The number of hydrogen-bond acceptors (Lipinski definition) is 3. The number of ketones is 1. The lowest BCUT2D eigenvalue weighted by Crippen LogP contribution is -2.05. The molecule has 0 bridgehead atoms. The predicted molar refractivity (Wildman–Crippen MR) is 81.6 cm³/mol. The van der Waals surface area contributed by atoms with Crippen molar-refractivity contribution in [3.63, 3.8) is 0 Å². The zero-order valence-corrected chi connectivity index (χ0v) is 12.2. The fourth-order valence-corrected chi connectivity index (χ4v) is 2.28. The van der Waals surface area contributed by atoms with E-state index in [0.717, 1.165) is 11.3 Å². The SMILES string of the molecule is CCOc1ccc(C(=O)c2ccc(N)cc2Cl)c(C)c1. The molecule has 4 heteroatoms. The van der Waals surface area contributed by atoms with E-state index >= 15 is 0 Å². The third-order valence-corrected chi connectivity index (χ3v) is 3.30. The maximum Gasteiger partial charge on any atom is 0.194 e. The number of halogens is 1. The highest BCUT2D eigenvalue weighted by Gasteiger charge is 2.15. The van der Waals surface area contributed by atoms with Crippen molar-refractivity contribution in [3.8, 4) is 5.75 Å². The van der Waals surface area contributed by atoms with Crippen LogP contribution in [-0.2, 0) is 0 Å². The lowest BCUT2D eigenvalue weighted by molar-refractivity contribution is 0.103. The van der Waals surface area contributed by atoms with E-state index in [2.05, 4.69) is 0 Å². The van der Waals surface area contributed by atoms with Gasteiger partial charge in [0.15, 0.2) is 5.78 Å². The smallest absolute Gasteiger partial charge is 0.194 e. The number of hydrogen-bond donors (Lipinski definition) is 1. The Kier molecular flexibility index (Phi) is 4.30. The molecule has 2 aromatic rings. The van der Waals surface area contributed by atoms with Crippen molar-refractivity contribution in [3.05, 3.63) is 58.1 Å². The van der Waals surface area contributed by atoms with Crippen LogP contribution in [0.15, 0.2) is 36.4 Å². The van der Waals surface area contributed by atoms with Gasteiger partial charge in [-0.25, -0.2) is 0 Å². The second-order valence-corrected chi connectivity index (χ2v) is 4.89. The van der Waals surface area contributed by atoms with Crippen molar-refractivity contribution in [2.75, 3.05) is 12.3 Å².